The monoisotopic (exact) mass is 228 g/mol. The van der Waals surface area contributed by atoms with E-state index < -0.39 is 0 Å². The first-order valence-electron chi connectivity index (χ1n) is 3.92. The van der Waals surface area contributed by atoms with Crippen molar-refractivity contribution in [2.45, 2.75) is 13.8 Å². The van der Waals surface area contributed by atoms with Gasteiger partial charge in [0.15, 0.2) is 10.3 Å². The van der Waals surface area contributed by atoms with Gasteiger partial charge in [-0.05, 0) is 13.8 Å². The van der Waals surface area contributed by atoms with E-state index in [1.165, 1.54) is 0 Å². The van der Waals surface area contributed by atoms with Crippen LogP contribution in [-0.2, 0) is 0 Å². The Morgan fingerprint density at radius 1 is 0.786 bits per heavy atom. The third-order valence-electron chi connectivity index (χ3n) is 1.92. The highest BCUT2D eigenvalue weighted by atomic mass is 35.5. The lowest BCUT2D eigenvalue weighted by Crippen LogP contribution is -1.97. The Labute approximate surface area is 90.3 Å². The highest BCUT2D eigenvalue weighted by Crippen LogP contribution is 2.23. The van der Waals surface area contributed by atoms with Crippen molar-refractivity contribution in [2.75, 3.05) is 0 Å². The summed E-state index contributed by atoms with van der Waals surface area (Å²) in [7, 11) is 0. The van der Waals surface area contributed by atoms with Crippen molar-refractivity contribution in [1.29, 1.82) is 0 Å². The van der Waals surface area contributed by atoms with E-state index in [9.17, 15) is 0 Å². The molecule has 72 valence electrons. The van der Waals surface area contributed by atoms with Gasteiger partial charge in [-0.25, -0.2) is 9.97 Å². The summed E-state index contributed by atoms with van der Waals surface area (Å²) in [5.41, 5.74) is 2.61. The van der Waals surface area contributed by atoms with Crippen LogP contribution in [0.2, 0.25) is 10.3 Å². The van der Waals surface area contributed by atoms with Gasteiger partial charge in [0, 0.05) is 0 Å². The Morgan fingerprint density at radius 3 is 1.50 bits per heavy atom. The quantitative estimate of drug-likeness (QED) is 0.695. The molecule has 0 bridgehead atoms. The fourth-order valence-corrected chi connectivity index (χ4v) is 1.41. The minimum Gasteiger partial charge on any atom is -0.246 e. The second-order valence-electron chi connectivity index (χ2n) is 2.87. The van der Waals surface area contributed by atoms with E-state index in [4.69, 9.17) is 23.2 Å². The van der Waals surface area contributed by atoms with Gasteiger partial charge in [-0.15, -0.1) is 10.2 Å². The maximum Gasteiger partial charge on any atom is 0.179 e. The van der Waals surface area contributed by atoms with Gasteiger partial charge in [0.05, 0.1) is 11.4 Å². The summed E-state index contributed by atoms with van der Waals surface area (Å²) in [6, 6.07) is 0. The Bertz CT molecular complexity index is 466. The third-order valence-corrected chi connectivity index (χ3v) is 2.43. The van der Waals surface area contributed by atoms with Gasteiger partial charge in [-0.1, -0.05) is 23.2 Å². The Balaban J connectivity index is 2.94. The predicted octanol–water partition coefficient (Wildman–Crippen LogP) is 2.34. The first-order valence-corrected chi connectivity index (χ1v) is 4.68. The normalized spacial score (nSPS) is 10.9. The molecule has 2 heterocycles. The van der Waals surface area contributed by atoms with Crippen molar-refractivity contribution < 1.29 is 0 Å². The average molecular weight is 229 g/mol. The van der Waals surface area contributed by atoms with Crippen molar-refractivity contribution in [3.05, 3.63) is 21.7 Å². The summed E-state index contributed by atoms with van der Waals surface area (Å²) in [5, 5.41) is 7.76. The molecule has 4 nitrogen and oxygen atoms in total. The zero-order valence-electron chi connectivity index (χ0n) is 7.54. The topological polar surface area (TPSA) is 51.6 Å². The van der Waals surface area contributed by atoms with E-state index in [1.807, 2.05) is 13.8 Å². The fourth-order valence-electron chi connectivity index (χ4n) is 1.07. The van der Waals surface area contributed by atoms with Crippen LogP contribution in [-0.4, -0.2) is 20.2 Å². The summed E-state index contributed by atoms with van der Waals surface area (Å²) in [6.07, 6.45) is 0. The SMILES string of the molecule is Cc1nc2c(Cl)nnc(Cl)c2nc1C. The number of fused-ring (bicyclic) bond motifs is 1. The van der Waals surface area contributed by atoms with E-state index >= 15 is 0 Å². The summed E-state index contributed by atoms with van der Waals surface area (Å²) >= 11 is 11.6. The minimum atomic E-state index is 0.222. The zero-order valence-corrected chi connectivity index (χ0v) is 9.06. The van der Waals surface area contributed by atoms with E-state index in [-0.39, 0.29) is 10.3 Å². The molecular formula is C8H6Cl2N4. The van der Waals surface area contributed by atoms with E-state index in [0.29, 0.717) is 11.0 Å². The smallest absolute Gasteiger partial charge is 0.179 e. The van der Waals surface area contributed by atoms with Gasteiger partial charge >= 0.3 is 0 Å². The van der Waals surface area contributed by atoms with Gasteiger partial charge in [0.1, 0.15) is 11.0 Å². The number of nitrogens with zero attached hydrogens (tertiary/aromatic N) is 4. The molecule has 0 unspecified atom stereocenters. The van der Waals surface area contributed by atoms with Crippen molar-refractivity contribution in [2.24, 2.45) is 0 Å². The maximum absolute atomic E-state index is 5.82. The van der Waals surface area contributed by atoms with Crippen LogP contribution in [0.25, 0.3) is 11.0 Å². The van der Waals surface area contributed by atoms with Crippen LogP contribution < -0.4 is 0 Å². The standard InChI is InChI=1S/C8H6Cl2N4/c1-3-4(2)12-6-5(11-3)7(9)13-14-8(6)10/h1-2H3. The van der Waals surface area contributed by atoms with E-state index in [0.717, 1.165) is 11.4 Å². The molecule has 6 heteroatoms. The first-order chi connectivity index (χ1) is 6.59. The molecule has 0 saturated carbocycles. The van der Waals surface area contributed by atoms with Crippen LogP contribution in [0.5, 0.6) is 0 Å². The Kier molecular flexibility index (Phi) is 2.25. The van der Waals surface area contributed by atoms with Crippen LogP contribution in [0.15, 0.2) is 0 Å². The summed E-state index contributed by atoms with van der Waals surface area (Å²) in [4.78, 5) is 8.51. The maximum atomic E-state index is 5.82. The highest BCUT2D eigenvalue weighted by Gasteiger charge is 2.10. The summed E-state index contributed by atoms with van der Waals surface area (Å²) in [6.45, 7) is 3.71. The lowest BCUT2D eigenvalue weighted by atomic mass is 10.3. The third kappa shape index (κ3) is 1.40. The molecule has 2 aromatic heterocycles. The molecule has 2 aromatic rings. The Morgan fingerprint density at radius 2 is 1.14 bits per heavy atom. The molecule has 0 saturated heterocycles. The van der Waals surface area contributed by atoms with Crippen LogP contribution in [0.4, 0.5) is 0 Å². The fraction of sp³-hybridized carbons (Fsp3) is 0.250. The van der Waals surface area contributed by atoms with E-state index in [1.54, 1.807) is 0 Å². The lowest BCUT2D eigenvalue weighted by Gasteiger charge is -2.03. The molecule has 0 aliphatic rings. The molecule has 0 radical (unpaired) electrons. The largest absolute Gasteiger partial charge is 0.246 e. The number of hydrogen-bond acceptors (Lipinski definition) is 4. The number of aromatic nitrogens is 4. The van der Waals surface area contributed by atoms with Gasteiger partial charge in [-0.3, -0.25) is 0 Å². The van der Waals surface area contributed by atoms with Gasteiger partial charge in [0.2, 0.25) is 0 Å². The lowest BCUT2D eigenvalue weighted by molar-refractivity contribution is 1.02. The van der Waals surface area contributed by atoms with Crippen LogP contribution >= 0.6 is 23.2 Å². The second kappa shape index (κ2) is 3.29. The molecule has 0 atom stereocenters. The van der Waals surface area contributed by atoms with Crippen molar-refractivity contribution >= 4 is 34.2 Å². The average Bonchev–Trinajstić information content (AvgIpc) is 2.15. The zero-order chi connectivity index (χ0) is 10.3. The first kappa shape index (κ1) is 9.55. The van der Waals surface area contributed by atoms with E-state index in [2.05, 4.69) is 20.2 Å². The number of aryl methyl sites for hydroxylation is 2. The number of halogens is 2. The van der Waals surface area contributed by atoms with Crippen LogP contribution in [0.3, 0.4) is 0 Å². The molecule has 0 aliphatic carbocycles. The molecule has 14 heavy (non-hydrogen) atoms. The minimum absolute atomic E-state index is 0.222. The van der Waals surface area contributed by atoms with Crippen molar-refractivity contribution in [1.82, 2.24) is 20.2 Å². The summed E-state index contributed by atoms with van der Waals surface area (Å²) < 4.78 is 0. The van der Waals surface area contributed by atoms with Crippen LogP contribution in [0, 0.1) is 13.8 Å². The van der Waals surface area contributed by atoms with Crippen molar-refractivity contribution in [3.8, 4) is 0 Å². The second-order valence-corrected chi connectivity index (χ2v) is 3.59. The molecule has 0 amide bonds. The Hall–Kier alpha value is -1.00. The molecule has 0 aliphatic heterocycles. The molecule has 0 aromatic carbocycles. The van der Waals surface area contributed by atoms with Crippen molar-refractivity contribution in [3.63, 3.8) is 0 Å². The summed E-state index contributed by atoms with van der Waals surface area (Å²) in [5.74, 6) is 0. The van der Waals surface area contributed by atoms with Gasteiger partial charge < -0.3 is 0 Å². The molecule has 0 N–H and O–H groups in total. The van der Waals surface area contributed by atoms with Gasteiger partial charge in [-0.2, -0.15) is 0 Å². The molecule has 2 rings (SSSR count). The molecule has 0 spiro atoms. The highest BCUT2D eigenvalue weighted by molar-refractivity contribution is 6.37. The molecule has 0 fully saturated rings. The number of rotatable bonds is 0. The predicted molar refractivity (Wildman–Crippen MR) is 54.6 cm³/mol. The van der Waals surface area contributed by atoms with Crippen LogP contribution in [0.1, 0.15) is 11.4 Å². The number of hydrogen-bond donors (Lipinski definition) is 0. The molecular weight excluding hydrogens is 223 g/mol. The van der Waals surface area contributed by atoms with Gasteiger partial charge in [0.25, 0.3) is 0 Å².